The van der Waals surface area contributed by atoms with Crippen molar-refractivity contribution in [1.82, 2.24) is 0 Å². The first-order valence-corrected chi connectivity index (χ1v) is 10.8. The lowest BCUT2D eigenvalue weighted by molar-refractivity contribution is 0.102. The quantitative estimate of drug-likeness (QED) is 0.555. The maximum absolute atomic E-state index is 12.8. The zero-order valence-electron chi connectivity index (χ0n) is 17.4. The number of hydrogen-bond acceptors (Lipinski definition) is 6. The van der Waals surface area contributed by atoms with Crippen LogP contribution in [0, 0.1) is 0 Å². The van der Waals surface area contributed by atoms with Crippen LogP contribution in [0.3, 0.4) is 0 Å². The van der Waals surface area contributed by atoms with Gasteiger partial charge in [0, 0.05) is 22.9 Å². The smallest absolute Gasteiger partial charge is 0.255 e. The van der Waals surface area contributed by atoms with E-state index in [0.717, 1.165) is 5.56 Å². The Labute approximate surface area is 176 Å². The average Bonchev–Trinajstić information content (AvgIpc) is 2.74. The van der Waals surface area contributed by atoms with Gasteiger partial charge in [-0.25, -0.2) is 8.42 Å². The SMILES string of the molecule is C=CCc1cc(C(=O)Nc2ccc(NS(=O)(=O)CC)c(OC)c2)cc(OC)c1OC. The molecule has 0 radical (unpaired) electrons. The molecule has 30 heavy (non-hydrogen) atoms. The summed E-state index contributed by atoms with van der Waals surface area (Å²) in [5.74, 6) is 0.822. The number of carbonyl (C=O) groups is 1. The molecule has 0 fully saturated rings. The van der Waals surface area contributed by atoms with Crippen LogP contribution in [0.5, 0.6) is 17.2 Å². The number of sulfonamides is 1. The molecule has 2 aromatic rings. The number of anilines is 2. The molecule has 0 aliphatic carbocycles. The first kappa shape index (κ1) is 23.1. The van der Waals surface area contributed by atoms with Crippen molar-refractivity contribution < 1.29 is 27.4 Å². The normalized spacial score (nSPS) is 10.8. The summed E-state index contributed by atoms with van der Waals surface area (Å²) in [6, 6.07) is 7.94. The Kier molecular flexibility index (Phi) is 7.71. The summed E-state index contributed by atoms with van der Waals surface area (Å²) in [6.07, 6.45) is 2.21. The van der Waals surface area contributed by atoms with Crippen LogP contribution in [0.15, 0.2) is 43.0 Å². The molecular formula is C21H26N2O6S. The van der Waals surface area contributed by atoms with Gasteiger partial charge in [-0.1, -0.05) is 6.08 Å². The minimum Gasteiger partial charge on any atom is -0.494 e. The fourth-order valence-corrected chi connectivity index (χ4v) is 3.43. The second-order valence-electron chi connectivity index (χ2n) is 6.24. The van der Waals surface area contributed by atoms with E-state index in [-0.39, 0.29) is 23.1 Å². The van der Waals surface area contributed by atoms with E-state index in [9.17, 15) is 13.2 Å². The summed E-state index contributed by atoms with van der Waals surface area (Å²) in [6.45, 7) is 5.26. The Bertz CT molecular complexity index is 1030. The first-order valence-electron chi connectivity index (χ1n) is 9.14. The molecule has 162 valence electrons. The third-order valence-electron chi connectivity index (χ3n) is 4.29. The van der Waals surface area contributed by atoms with Crippen LogP contribution in [-0.2, 0) is 16.4 Å². The molecule has 0 aromatic heterocycles. The van der Waals surface area contributed by atoms with Crippen molar-refractivity contribution in [3.63, 3.8) is 0 Å². The molecular weight excluding hydrogens is 408 g/mol. The van der Waals surface area contributed by atoms with E-state index >= 15 is 0 Å². The second-order valence-corrected chi connectivity index (χ2v) is 8.25. The molecule has 8 nitrogen and oxygen atoms in total. The maximum atomic E-state index is 12.8. The molecule has 9 heteroatoms. The summed E-state index contributed by atoms with van der Waals surface area (Å²) in [4.78, 5) is 12.8. The lowest BCUT2D eigenvalue weighted by Gasteiger charge is -2.15. The number of nitrogens with one attached hydrogen (secondary N) is 2. The Hall–Kier alpha value is -3.20. The fraction of sp³-hybridized carbons (Fsp3) is 0.286. The van der Waals surface area contributed by atoms with Gasteiger partial charge in [-0.2, -0.15) is 0 Å². The summed E-state index contributed by atoms with van der Waals surface area (Å²) in [5, 5.41) is 2.78. The van der Waals surface area contributed by atoms with Crippen molar-refractivity contribution in [2.75, 3.05) is 37.1 Å². The molecule has 1 amide bonds. The molecule has 0 unspecified atom stereocenters. The Morgan fingerprint density at radius 1 is 1.07 bits per heavy atom. The third kappa shape index (κ3) is 5.44. The zero-order chi connectivity index (χ0) is 22.3. The van der Waals surface area contributed by atoms with E-state index in [4.69, 9.17) is 14.2 Å². The molecule has 0 bridgehead atoms. The van der Waals surface area contributed by atoms with Gasteiger partial charge in [0.15, 0.2) is 11.5 Å². The molecule has 0 aliphatic rings. The monoisotopic (exact) mass is 434 g/mol. The molecule has 0 heterocycles. The highest BCUT2D eigenvalue weighted by molar-refractivity contribution is 7.92. The van der Waals surface area contributed by atoms with E-state index in [0.29, 0.717) is 29.2 Å². The van der Waals surface area contributed by atoms with Crippen molar-refractivity contribution in [1.29, 1.82) is 0 Å². The Morgan fingerprint density at radius 2 is 1.77 bits per heavy atom. The van der Waals surface area contributed by atoms with Crippen molar-refractivity contribution in [2.45, 2.75) is 13.3 Å². The highest BCUT2D eigenvalue weighted by atomic mass is 32.2. The van der Waals surface area contributed by atoms with Crippen molar-refractivity contribution in [2.24, 2.45) is 0 Å². The van der Waals surface area contributed by atoms with Crippen LogP contribution in [0.1, 0.15) is 22.8 Å². The van der Waals surface area contributed by atoms with E-state index in [1.54, 1.807) is 24.3 Å². The summed E-state index contributed by atoms with van der Waals surface area (Å²) in [5.41, 5.74) is 1.87. The van der Waals surface area contributed by atoms with Gasteiger partial charge in [-0.15, -0.1) is 6.58 Å². The van der Waals surface area contributed by atoms with Crippen LogP contribution in [0.4, 0.5) is 11.4 Å². The van der Waals surface area contributed by atoms with Crippen LogP contribution < -0.4 is 24.2 Å². The van der Waals surface area contributed by atoms with E-state index < -0.39 is 10.0 Å². The number of hydrogen-bond donors (Lipinski definition) is 2. The summed E-state index contributed by atoms with van der Waals surface area (Å²) >= 11 is 0. The van der Waals surface area contributed by atoms with Gasteiger partial charge in [0.05, 0.1) is 32.8 Å². The molecule has 0 aliphatic heterocycles. The molecule has 2 N–H and O–H groups in total. The van der Waals surface area contributed by atoms with Gasteiger partial charge in [-0.3, -0.25) is 9.52 Å². The first-order chi connectivity index (χ1) is 14.3. The lowest BCUT2D eigenvalue weighted by atomic mass is 10.0. The summed E-state index contributed by atoms with van der Waals surface area (Å²) < 4.78 is 42.1. The molecule has 2 aromatic carbocycles. The molecule has 0 atom stereocenters. The van der Waals surface area contributed by atoms with E-state index in [1.165, 1.54) is 40.4 Å². The molecule has 0 saturated heterocycles. The van der Waals surface area contributed by atoms with Gasteiger partial charge < -0.3 is 19.5 Å². The maximum Gasteiger partial charge on any atom is 0.255 e. The number of amides is 1. The van der Waals surface area contributed by atoms with Crippen LogP contribution in [-0.4, -0.2) is 41.4 Å². The van der Waals surface area contributed by atoms with Gasteiger partial charge in [0.2, 0.25) is 10.0 Å². The number of benzene rings is 2. The number of rotatable bonds is 10. The minimum absolute atomic E-state index is 0.0685. The largest absolute Gasteiger partial charge is 0.494 e. The predicted octanol–water partition coefficient (Wildman–Crippen LogP) is 3.45. The van der Waals surface area contributed by atoms with Gasteiger partial charge in [0.1, 0.15) is 5.75 Å². The lowest BCUT2D eigenvalue weighted by Crippen LogP contribution is -2.16. The molecule has 0 saturated carbocycles. The molecule has 2 rings (SSSR count). The third-order valence-corrected chi connectivity index (χ3v) is 5.58. The fourth-order valence-electron chi connectivity index (χ4n) is 2.78. The highest BCUT2D eigenvalue weighted by Crippen LogP contribution is 2.34. The van der Waals surface area contributed by atoms with Crippen molar-refractivity contribution >= 4 is 27.3 Å². The number of carbonyl (C=O) groups excluding carboxylic acids is 1. The Morgan fingerprint density at radius 3 is 2.33 bits per heavy atom. The topological polar surface area (TPSA) is 103 Å². The van der Waals surface area contributed by atoms with E-state index in [1.807, 2.05) is 0 Å². The minimum atomic E-state index is -3.46. The number of methoxy groups -OCH3 is 3. The summed E-state index contributed by atoms with van der Waals surface area (Å²) in [7, 11) is 0.988. The van der Waals surface area contributed by atoms with Gasteiger partial charge in [-0.05, 0) is 37.6 Å². The van der Waals surface area contributed by atoms with Crippen molar-refractivity contribution in [3.8, 4) is 17.2 Å². The standard InChI is InChI=1S/C21H26N2O6S/c1-6-8-14-11-15(12-19(28-4)20(14)29-5)21(24)22-16-9-10-17(18(13-16)27-3)23-30(25,26)7-2/h6,9-13,23H,1,7-8H2,2-5H3,(H,22,24). The van der Waals surface area contributed by atoms with Gasteiger partial charge >= 0.3 is 0 Å². The predicted molar refractivity (Wildman–Crippen MR) is 117 cm³/mol. The van der Waals surface area contributed by atoms with Crippen LogP contribution >= 0.6 is 0 Å². The van der Waals surface area contributed by atoms with Gasteiger partial charge in [0.25, 0.3) is 5.91 Å². The zero-order valence-corrected chi connectivity index (χ0v) is 18.3. The average molecular weight is 435 g/mol. The second kappa shape index (κ2) is 10.0. The van der Waals surface area contributed by atoms with Crippen LogP contribution in [0.25, 0.3) is 0 Å². The van der Waals surface area contributed by atoms with Crippen LogP contribution in [0.2, 0.25) is 0 Å². The number of allylic oxidation sites excluding steroid dienone is 1. The van der Waals surface area contributed by atoms with E-state index in [2.05, 4.69) is 16.6 Å². The molecule has 0 spiro atoms. The Balaban J connectivity index is 2.33. The number of ether oxygens (including phenoxy) is 3. The highest BCUT2D eigenvalue weighted by Gasteiger charge is 2.17. The van der Waals surface area contributed by atoms with Crippen molar-refractivity contribution in [3.05, 3.63) is 54.1 Å².